The molecule has 1 aliphatic rings. The number of carbonyl (C=O) groups excluding carboxylic acids is 3. The fourth-order valence-corrected chi connectivity index (χ4v) is 4.96. The van der Waals surface area contributed by atoms with E-state index in [4.69, 9.17) is 14.5 Å². The zero-order valence-electron chi connectivity index (χ0n) is 26.1. The van der Waals surface area contributed by atoms with Crippen molar-refractivity contribution in [2.24, 2.45) is 0 Å². The smallest absolute Gasteiger partial charge is 0.419 e. The molecule has 0 bridgehead atoms. The van der Waals surface area contributed by atoms with Gasteiger partial charge in [0.15, 0.2) is 0 Å². The number of alkyl carbamates (subject to hydrolysis) is 1. The van der Waals surface area contributed by atoms with Crippen LogP contribution in [0.3, 0.4) is 0 Å². The number of hydrogen-bond acceptors (Lipinski definition) is 8. The largest absolute Gasteiger partial charge is 0.444 e. The Morgan fingerprint density at radius 2 is 1.70 bits per heavy atom. The lowest BCUT2D eigenvalue weighted by atomic mass is 9.92. The van der Waals surface area contributed by atoms with Crippen LogP contribution in [0.2, 0.25) is 0 Å². The minimum atomic E-state index is -0.957. The highest BCUT2D eigenvalue weighted by Gasteiger charge is 2.26. The molecule has 1 aromatic carbocycles. The second-order valence-electron chi connectivity index (χ2n) is 12.9. The van der Waals surface area contributed by atoms with Gasteiger partial charge in [-0.05, 0) is 85.3 Å². The normalized spacial score (nSPS) is 14.0. The van der Waals surface area contributed by atoms with E-state index >= 15 is 0 Å². The average molecular weight is 593 g/mol. The SMILES string of the molecule is CC(C)(C)OC(=O)N[C@@H](Cc1cn(C(=O)OC(C)(C)C)cn1)C(=O)NCCCNc1c2c(nc3ccccc13)CCCC2. The van der Waals surface area contributed by atoms with Crippen LogP contribution in [0.25, 0.3) is 10.9 Å². The standard InChI is InChI=1S/C32H44N6O5/c1-31(2,3)42-29(40)37-26(18-21-19-38(20-35-21)30(41)43-32(4,5)6)28(39)34-17-11-16-33-27-22-12-7-9-14-24(22)36-25-15-10-8-13-23(25)27/h7,9,12,14,19-20,26H,8,10-11,13,15-18H2,1-6H3,(H,33,36)(H,34,39)(H,37,40)/t26-/m0/s1. The number of anilines is 1. The summed E-state index contributed by atoms with van der Waals surface area (Å²) < 4.78 is 12.0. The monoisotopic (exact) mass is 592 g/mol. The molecule has 11 heteroatoms. The van der Waals surface area contributed by atoms with Gasteiger partial charge in [-0.3, -0.25) is 9.78 Å². The van der Waals surface area contributed by atoms with Crippen LogP contribution in [-0.2, 0) is 33.5 Å². The van der Waals surface area contributed by atoms with Crippen molar-refractivity contribution in [3.8, 4) is 0 Å². The maximum atomic E-state index is 13.2. The van der Waals surface area contributed by atoms with Gasteiger partial charge in [-0.25, -0.2) is 19.1 Å². The molecule has 2 heterocycles. The van der Waals surface area contributed by atoms with Gasteiger partial charge < -0.3 is 25.4 Å². The first-order valence-corrected chi connectivity index (χ1v) is 15.0. The Morgan fingerprint density at radius 3 is 2.44 bits per heavy atom. The first-order chi connectivity index (χ1) is 20.3. The van der Waals surface area contributed by atoms with E-state index in [2.05, 4.69) is 27.0 Å². The van der Waals surface area contributed by atoms with E-state index in [1.54, 1.807) is 41.5 Å². The molecule has 0 saturated carbocycles. The minimum absolute atomic E-state index is 0.0638. The molecule has 0 radical (unpaired) electrons. The summed E-state index contributed by atoms with van der Waals surface area (Å²) in [6.07, 6.45) is 6.58. The second kappa shape index (κ2) is 13.4. The van der Waals surface area contributed by atoms with Crippen molar-refractivity contribution < 1.29 is 23.9 Å². The molecule has 1 atom stereocenters. The van der Waals surface area contributed by atoms with E-state index in [1.165, 1.54) is 28.3 Å². The second-order valence-corrected chi connectivity index (χ2v) is 12.9. The molecule has 4 rings (SSSR count). The molecule has 0 unspecified atom stereocenters. The zero-order valence-corrected chi connectivity index (χ0v) is 26.1. The van der Waals surface area contributed by atoms with Crippen LogP contribution >= 0.6 is 0 Å². The van der Waals surface area contributed by atoms with E-state index in [0.717, 1.165) is 42.3 Å². The number of imidazole rings is 1. The number of aromatic nitrogens is 3. The maximum absolute atomic E-state index is 13.2. The number of pyridine rings is 1. The lowest BCUT2D eigenvalue weighted by molar-refractivity contribution is -0.123. The van der Waals surface area contributed by atoms with Crippen molar-refractivity contribution in [1.82, 2.24) is 25.2 Å². The van der Waals surface area contributed by atoms with Crippen molar-refractivity contribution in [2.45, 2.75) is 97.3 Å². The molecular weight excluding hydrogens is 548 g/mol. The number of fused-ring (bicyclic) bond motifs is 2. The number of hydrogen-bond donors (Lipinski definition) is 3. The first kappa shape index (κ1) is 31.8. The highest BCUT2D eigenvalue weighted by Crippen LogP contribution is 2.33. The Kier molecular flexibility index (Phi) is 9.93. The maximum Gasteiger partial charge on any atom is 0.419 e. The number of benzene rings is 1. The van der Waals surface area contributed by atoms with E-state index in [-0.39, 0.29) is 12.3 Å². The fraction of sp³-hybridized carbons (Fsp3) is 0.531. The number of nitrogens with one attached hydrogen (secondary N) is 3. The molecule has 43 heavy (non-hydrogen) atoms. The third-order valence-corrected chi connectivity index (χ3v) is 6.78. The molecule has 0 aliphatic heterocycles. The fourth-order valence-electron chi connectivity index (χ4n) is 4.96. The minimum Gasteiger partial charge on any atom is -0.444 e. The van der Waals surface area contributed by atoms with Crippen LogP contribution in [0, 0.1) is 0 Å². The van der Waals surface area contributed by atoms with Crippen LogP contribution in [0.1, 0.15) is 77.8 Å². The molecular formula is C32H44N6O5. The summed E-state index contributed by atoms with van der Waals surface area (Å²) >= 11 is 0. The summed E-state index contributed by atoms with van der Waals surface area (Å²) in [6.45, 7) is 11.6. The quantitative estimate of drug-likeness (QED) is 0.290. The van der Waals surface area contributed by atoms with Gasteiger partial charge in [0, 0.05) is 42.5 Å². The molecule has 2 amide bonds. The predicted octanol–water partition coefficient (Wildman–Crippen LogP) is 5.15. The number of carbonyl (C=O) groups is 3. The Morgan fingerprint density at radius 1 is 0.977 bits per heavy atom. The van der Waals surface area contributed by atoms with Gasteiger partial charge >= 0.3 is 12.2 Å². The van der Waals surface area contributed by atoms with Gasteiger partial charge in [0.05, 0.1) is 11.2 Å². The predicted molar refractivity (Wildman–Crippen MR) is 165 cm³/mol. The van der Waals surface area contributed by atoms with Crippen LogP contribution in [0.15, 0.2) is 36.8 Å². The van der Waals surface area contributed by atoms with Crippen molar-refractivity contribution in [2.75, 3.05) is 18.4 Å². The van der Waals surface area contributed by atoms with Crippen molar-refractivity contribution in [1.29, 1.82) is 0 Å². The lowest BCUT2D eigenvalue weighted by Crippen LogP contribution is -2.49. The molecule has 0 saturated heterocycles. The molecule has 3 N–H and O–H groups in total. The highest BCUT2D eigenvalue weighted by molar-refractivity contribution is 5.93. The summed E-state index contributed by atoms with van der Waals surface area (Å²) in [5.74, 6) is -0.371. The van der Waals surface area contributed by atoms with Gasteiger partial charge in [0.2, 0.25) is 5.91 Å². The topological polar surface area (TPSA) is 136 Å². The van der Waals surface area contributed by atoms with E-state index in [0.29, 0.717) is 25.2 Å². The number of amides is 2. The van der Waals surface area contributed by atoms with Crippen LogP contribution in [0.4, 0.5) is 15.3 Å². The number of aryl methyl sites for hydroxylation is 1. The van der Waals surface area contributed by atoms with Gasteiger partial charge in [-0.15, -0.1) is 0 Å². The van der Waals surface area contributed by atoms with Gasteiger partial charge in [0.25, 0.3) is 0 Å². The summed E-state index contributed by atoms with van der Waals surface area (Å²) in [5.41, 5.74) is 3.64. The number of ether oxygens (including phenoxy) is 2. The lowest BCUT2D eigenvalue weighted by Gasteiger charge is -2.23. The van der Waals surface area contributed by atoms with Crippen molar-refractivity contribution in [3.63, 3.8) is 0 Å². The molecule has 2 aromatic heterocycles. The van der Waals surface area contributed by atoms with Crippen LogP contribution < -0.4 is 16.0 Å². The van der Waals surface area contributed by atoms with Crippen molar-refractivity contribution in [3.05, 3.63) is 53.7 Å². The molecule has 1 aliphatic carbocycles. The molecule has 232 valence electrons. The zero-order chi connectivity index (χ0) is 31.2. The van der Waals surface area contributed by atoms with Crippen LogP contribution in [0.5, 0.6) is 0 Å². The molecule has 11 nitrogen and oxygen atoms in total. The Balaban J connectivity index is 1.37. The third kappa shape index (κ3) is 9.17. The number of para-hydroxylation sites is 1. The Bertz CT molecular complexity index is 1450. The van der Waals surface area contributed by atoms with E-state index in [9.17, 15) is 14.4 Å². The van der Waals surface area contributed by atoms with Crippen molar-refractivity contribution >= 4 is 34.7 Å². The summed E-state index contributed by atoms with van der Waals surface area (Å²) in [7, 11) is 0. The van der Waals surface area contributed by atoms with Crippen LogP contribution in [-0.4, -0.2) is 63.0 Å². The van der Waals surface area contributed by atoms with Gasteiger partial charge in [0.1, 0.15) is 23.6 Å². The number of rotatable bonds is 9. The summed E-state index contributed by atoms with van der Waals surface area (Å²) in [5, 5.41) is 10.3. The summed E-state index contributed by atoms with van der Waals surface area (Å²) in [6, 6.07) is 7.22. The molecule has 0 fully saturated rings. The van der Waals surface area contributed by atoms with E-state index < -0.39 is 29.4 Å². The third-order valence-electron chi connectivity index (χ3n) is 6.78. The van der Waals surface area contributed by atoms with Gasteiger partial charge in [-0.1, -0.05) is 18.2 Å². The first-order valence-electron chi connectivity index (χ1n) is 15.0. The number of nitrogens with zero attached hydrogens (tertiary/aromatic N) is 3. The summed E-state index contributed by atoms with van der Waals surface area (Å²) in [4.78, 5) is 47.4. The molecule has 0 spiro atoms. The molecule has 3 aromatic rings. The van der Waals surface area contributed by atoms with E-state index in [1.807, 2.05) is 18.2 Å². The Labute approximate surface area is 253 Å². The highest BCUT2D eigenvalue weighted by atomic mass is 16.6. The Hall–Kier alpha value is -4.15. The average Bonchev–Trinajstić information content (AvgIpc) is 3.39. The van der Waals surface area contributed by atoms with Gasteiger partial charge in [-0.2, -0.15) is 0 Å².